The summed E-state index contributed by atoms with van der Waals surface area (Å²) < 4.78 is 0. The molecule has 0 saturated heterocycles. The van der Waals surface area contributed by atoms with Crippen LogP contribution in [0.25, 0.3) is 0 Å². The number of hydrogen-bond donors (Lipinski definition) is 1. The van der Waals surface area contributed by atoms with Crippen molar-refractivity contribution in [3.8, 4) is 0 Å². The SMILES string of the molecule is CC(Cl)(CC(=O)O)C(=O)c1ccccc1. The molecule has 0 amide bonds. The molecule has 1 atom stereocenters. The topological polar surface area (TPSA) is 54.4 Å². The average Bonchev–Trinajstić information content (AvgIpc) is 2.16. The molecule has 80 valence electrons. The van der Waals surface area contributed by atoms with Crippen LogP contribution in [-0.4, -0.2) is 21.7 Å². The molecule has 3 nitrogen and oxygen atoms in total. The van der Waals surface area contributed by atoms with Crippen molar-refractivity contribution in [2.75, 3.05) is 0 Å². The van der Waals surface area contributed by atoms with Crippen LogP contribution in [0.1, 0.15) is 23.7 Å². The molecule has 4 heteroatoms. The molecule has 0 aromatic heterocycles. The lowest BCUT2D eigenvalue weighted by Crippen LogP contribution is -2.31. The molecule has 1 aromatic carbocycles. The fraction of sp³-hybridized carbons (Fsp3) is 0.273. The quantitative estimate of drug-likeness (QED) is 0.633. The number of carboxylic acid groups (broad SMARTS) is 1. The minimum Gasteiger partial charge on any atom is -0.481 e. The molecular formula is C11H11ClO3. The predicted octanol–water partition coefficient (Wildman–Crippen LogP) is 2.34. The second-order valence-electron chi connectivity index (χ2n) is 3.46. The molecule has 1 unspecified atom stereocenters. The van der Waals surface area contributed by atoms with Crippen LogP contribution >= 0.6 is 11.6 Å². The summed E-state index contributed by atoms with van der Waals surface area (Å²) in [7, 11) is 0. The number of carbonyl (C=O) groups is 2. The smallest absolute Gasteiger partial charge is 0.305 e. The van der Waals surface area contributed by atoms with E-state index in [1.54, 1.807) is 30.3 Å². The van der Waals surface area contributed by atoms with Gasteiger partial charge in [-0.05, 0) is 6.92 Å². The Kier molecular flexibility index (Phi) is 3.48. The van der Waals surface area contributed by atoms with Crippen LogP contribution in [0.4, 0.5) is 0 Å². The summed E-state index contributed by atoms with van der Waals surface area (Å²) in [5.74, 6) is -1.45. The molecule has 1 rings (SSSR count). The van der Waals surface area contributed by atoms with E-state index in [0.717, 1.165) is 0 Å². The van der Waals surface area contributed by atoms with Crippen molar-refractivity contribution in [2.24, 2.45) is 0 Å². The fourth-order valence-corrected chi connectivity index (χ4v) is 1.48. The Bertz CT molecular complexity index is 371. The highest BCUT2D eigenvalue weighted by molar-refractivity contribution is 6.38. The van der Waals surface area contributed by atoms with Gasteiger partial charge in [-0.15, -0.1) is 11.6 Å². The van der Waals surface area contributed by atoms with E-state index in [9.17, 15) is 9.59 Å². The lowest BCUT2D eigenvalue weighted by atomic mass is 9.95. The van der Waals surface area contributed by atoms with Gasteiger partial charge in [-0.2, -0.15) is 0 Å². The summed E-state index contributed by atoms with van der Waals surface area (Å²) in [6.45, 7) is 1.41. The van der Waals surface area contributed by atoms with Crippen molar-refractivity contribution < 1.29 is 14.7 Å². The number of rotatable bonds is 4. The van der Waals surface area contributed by atoms with Crippen molar-refractivity contribution in [3.63, 3.8) is 0 Å². The Morgan fingerprint density at radius 3 is 2.33 bits per heavy atom. The minimum atomic E-state index is -1.38. The van der Waals surface area contributed by atoms with Crippen molar-refractivity contribution in [1.29, 1.82) is 0 Å². The second kappa shape index (κ2) is 4.45. The molecule has 0 saturated carbocycles. The maximum absolute atomic E-state index is 11.8. The van der Waals surface area contributed by atoms with E-state index >= 15 is 0 Å². The average molecular weight is 227 g/mol. The number of carbonyl (C=O) groups excluding carboxylic acids is 1. The van der Waals surface area contributed by atoms with E-state index in [1.165, 1.54) is 6.92 Å². The third-order valence-corrected chi connectivity index (χ3v) is 2.30. The molecule has 0 radical (unpaired) electrons. The number of hydrogen-bond acceptors (Lipinski definition) is 2. The second-order valence-corrected chi connectivity index (χ2v) is 4.30. The standard InChI is InChI=1S/C11H11ClO3/c1-11(12,7-9(13)14)10(15)8-5-3-2-4-6-8/h2-6H,7H2,1H3,(H,13,14). The van der Waals surface area contributed by atoms with Crippen molar-refractivity contribution >= 4 is 23.4 Å². The lowest BCUT2D eigenvalue weighted by Gasteiger charge is -2.17. The first kappa shape index (κ1) is 11.7. The van der Waals surface area contributed by atoms with E-state index in [-0.39, 0.29) is 12.2 Å². The fourth-order valence-electron chi connectivity index (χ4n) is 1.25. The van der Waals surface area contributed by atoms with Crippen molar-refractivity contribution in [1.82, 2.24) is 0 Å². The number of Topliss-reactive ketones (excluding diaryl/α,β-unsaturated/α-hetero) is 1. The zero-order valence-corrected chi connectivity index (χ0v) is 8.99. The Labute approximate surface area is 92.7 Å². The number of carboxylic acids is 1. The van der Waals surface area contributed by atoms with Gasteiger partial charge in [0.05, 0.1) is 6.42 Å². The molecule has 0 heterocycles. The number of aliphatic carboxylic acids is 1. The van der Waals surface area contributed by atoms with Crippen LogP contribution in [0.15, 0.2) is 30.3 Å². The maximum atomic E-state index is 11.8. The molecular weight excluding hydrogens is 216 g/mol. The van der Waals surface area contributed by atoms with E-state index in [2.05, 4.69) is 0 Å². The van der Waals surface area contributed by atoms with E-state index in [0.29, 0.717) is 5.56 Å². The summed E-state index contributed by atoms with van der Waals surface area (Å²) >= 11 is 5.89. The summed E-state index contributed by atoms with van der Waals surface area (Å²) in [6, 6.07) is 8.43. The normalized spacial score (nSPS) is 14.3. The Balaban J connectivity index is 2.89. The highest BCUT2D eigenvalue weighted by Crippen LogP contribution is 2.24. The zero-order valence-electron chi connectivity index (χ0n) is 8.24. The van der Waals surface area contributed by atoms with Crippen molar-refractivity contribution in [2.45, 2.75) is 18.2 Å². The van der Waals surface area contributed by atoms with Gasteiger partial charge in [-0.25, -0.2) is 0 Å². The molecule has 0 aliphatic rings. The molecule has 15 heavy (non-hydrogen) atoms. The lowest BCUT2D eigenvalue weighted by molar-refractivity contribution is -0.137. The van der Waals surface area contributed by atoms with Gasteiger partial charge in [0.15, 0.2) is 5.78 Å². The van der Waals surface area contributed by atoms with Crippen LogP contribution < -0.4 is 0 Å². The van der Waals surface area contributed by atoms with Gasteiger partial charge >= 0.3 is 5.97 Å². The van der Waals surface area contributed by atoms with Crippen LogP contribution in [-0.2, 0) is 4.79 Å². The van der Waals surface area contributed by atoms with Gasteiger partial charge in [0.1, 0.15) is 4.87 Å². The summed E-state index contributed by atoms with van der Waals surface area (Å²) in [6.07, 6.45) is -0.387. The number of alkyl halides is 1. The van der Waals surface area contributed by atoms with E-state index in [1.807, 2.05) is 0 Å². The largest absolute Gasteiger partial charge is 0.481 e. The summed E-state index contributed by atoms with van der Waals surface area (Å²) in [5.41, 5.74) is 0.427. The van der Waals surface area contributed by atoms with Gasteiger partial charge in [0, 0.05) is 5.56 Å². The molecule has 0 spiro atoms. The first-order valence-electron chi connectivity index (χ1n) is 4.44. The van der Waals surface area contributed by atoms with Crippen LogP contribution in [0.2, 0.25) is 0 Å². The van der Waals surface area contributed by atoms with Crippen LogP contribution in [0.5, 0.6) is 0 Å². The summed E-state index contributed by atoms with van der Waals surface area (Å²) in [4.78, 5) is 20.9. The highest BCUT2D eigenvalue weighted by Gasteiger charge is 2.33. The van der Waals surface area contributed by atoms with E-state index in [4.69, 9.17) is 16.7 Å². The Hall–Kier alpha value is -1.35. The number of ketones is 1. The molecule has 1 N–H and O–H groups in total. The Morgan fingerprint density at radius 1 is 1.33 bits per heavy atom. The highest BCUT2D eigenvalue weighted by atomic mass is 35.5. The number of benzene rings is 1. The van der Waals surface area contributed by atoms with Gasteiger partial charge in [-0.1, -0.05) is 30.3 Å². The van der Waals surface area contributed by atoms with Crippen LogP contribution in [0.3, 0.4) is 0 Å². The molecule has 0 aliphatic carbocycles. The molecule has 0 aliphatic heterocycles. The van der Waals surface area contributed by atoms with Gasteiger partial charge in [0.25, 0.3) is 0 Å². The third-order valence-electron chi connectivity index (χ3n) is 1.99. The van der Waals surface area contributed by atoms with E-state index < -0.39 is 10.8 Å². The van der Waals surface area contributed by atoms with Gasteiger partial charge < -0.3 is 5.11 Å². The number of halogens is 1. The minimum absolute atomic E-state index is 0.368. The monoisotopic (exact) mass is 226 g/mol. The molecule has 0 bridgehead atoms. The first-order chi connectivity index (χ1) is 6.93. The van der Waals surface area contributed by atoms with Crippen LogP contribution in [0, 0.1) is 0 Å². The van der Waals surface area contributed by atoms with Crippen molar-refractivity contribution in [3.05, 3.63) is 35.9 Å². The molecule has 0 fully saturated rings. The first-order valence-corrected chi connectivity index (χ1v) is 4.82. The maximum Gasteiger partial charge on any atom is 0.305 e. The molecule has 1 aromatic rings. The third kappa shape index (κ3) is 3.06. The predicted molar refractivity (Wildman–Crippen MR) is 57.3 cm³/mol. The van der Waals surface area contributed by atoms with Gasteiger partial charge in [-0.3, -0.25) is 9.59 Å². The Morgan fingerprint density at radius 2 is 1.87 bits per heavy atom. The summed E-state index contributed by atoms with van der Waals surface area (Å²) in [5, 5.41) is 8.61. The zero-order chi connectivity index (χ0) is 11.5. The van der Waals surface area contributed by atoms with Gasteiger partial charge in [0.2, 0.25) is 0 Å².